The van der Waals surface area contributed by atoms with Crippen LogP contribution < -0.4 is 4.74 Å². The molecule has 0 saturated carbocycles. The molecule has 0 aliphatic rings. The van der Waals surface area contributed by atoms with Gasteiger partial charge in [0.2, 0.25) is 0 Å². The van der Waals surface area contributed by atoms with Crippen LogP contribution in [0.2, 0.25) is 0 Å². The molecule has 100 valence electrons. The highest BCUT2D eigenvalue weighted by molar-refractivity contribution is 5.30. The molecule has 2 N–H and O–H groups in total. The smallest absolute Gasteiger partial charge is 0.119 e. The maximum absolute atomic E-state index is 9.39. The lowest BCUT2D eigenvalue weighted by Crippen LogP contribution is -2.18. The number of benzene rings is 2. The van der Waals surface area contributed by atoms with Crippen LogP contribution in [0, 0.1) is 5.92 Å². The summed E-state index contributed by atoms with van der Waals surface area (Å²) in [6.45, 7) is 0.545. The van der Waals surface area contributed by atoms with E-state index in [-0.39, 0.29) is 18.3 Å². The summed E-state index contributed by atoms with van der Waals surface area (Å²) in [5.74, 6) is 0.982. The van der Waals surface area contributed by atoms with Gasteiger partial charge in [0.25, 0.3) is 0 Å². The van der Waals surface area contributed by atoms with Gasteiger partial charge in [-0.05, 0) is 36.2 Å². The van der Waals surface area contributed by atoms with Crippen molar-refractivity contribution >= 4 is 0 Å². The average Bonchev–Trinajstić information content (AvgIpc) is 2.46. The van der Waals surface area contributed by atoms with Crippen molar-refractivity contribution in [2.45, 2.75) is 6.42 Å². The number of hydrogen-bond acceptors (Lipinski definition) is 3. The van der Waals surface area contributed by atoms with E-state index in [1.807, 2.05) is 30.3 Å². The van der Waals surface area contributed by atoms with Crippen molar-refractivity contribution in [3.8, 4) is 11.5 Å². The van der Waals surface area contributed by atoms with Gasteiger partial charge in [-0.1, -0.05) is 30.3 Å². The Morgan fingerprint density at radius 1 is 0.947 bits per heavy atom. The normalized spacial score (nSPS) is 12.1. The van der Waals surface area contributed by atoms with Crippen molar-refractivity contribution in [3.05, 3.63) is 60.2 Å². The van der Waals surface area contributed by atoms with Gasteiger partial charge in [-0.2, -0.15) is 0 Å². The highest BCUT2D eigenvalue weighted by atomic mass is 16.5. The first kappa shape index (κ1) is 13.4. The van der Waals surface area contributed by atoms with Crippen molar-refractivity contribution in [3.63, 3.8) is 0 Å². The minimum absolute atomic E-state index is 0.0659. The fourth-order valence-corrected chi connectivity index (χ4v) is 1.88. The van der Waals surface area contributed by atoms with E-state index in [9.17, 15) is 10.2 Å². The van der Waals surface area contributed by atoms with Gasteiger partial charge in [-0.3, -0.25) is 0 Å². The Hall–Kier alpha value is -2.00. The Morgan fingerprint density at radius 3 is 2.26 bits per heavy atom. The molecule has 0 saturated heterocycles. The topological polar surface area (TPSA) is 49.7 Å². The molecule has 2 rings (SSSR count). The van der Waals surface area contributed by atoms with E-state index in [4.69, 9.17) is 4.74 Å². The summed E-state index contributed by atoms with van der Waals surface area (Å²) in [7, 11) is 0. The van der Waals surface area contributed by atoms with Gasteiger partial charge in [-0.25, -0.2) is 0 Å². The lowest BCUT2D eigenvalue weighted by Gasteiger charge is -2.15. The van der Waals surface area contributed by atoms with E-state index in [1.165, 1.54) is 5.56 Å². The molecule has 3 nitrogen and oxygen atoms in total. The fraction of sp³-hybridized carbons (Fsp3) is 0.250. The summed E-state index contributed by atoms with van der Waals surface area (Å²) in [6.07, 6.45) is 0.787. The summed E-state index contributed by atoms with van der Waals surface area (Å²) in [5.41, 5.74) is 1.19. The van der Waals surface area contributed by atoms with Crippen molar-refractivity contribution in [2.75, 3.05) is 13.2 Å². The molecule has 0 heterocycles. The van der Waals surface area contributed by atoms with Crippen molar-refractivity contribution in [1.82, 2.24) is 0 Å². The summed E-state index contributed by atoms with van der Waals surface area (Å²) in [4.78, 5) is 0. The summed E-state index contributed by atoms with van der Waals surface area (Å²) in [5, 5.41) is 18.6. The second-order valence-electron chi connectivity index (χ2n) is 4.54. The number of hydrogen-bond donors (Lipinski definition) is 2. The van der Waals surface area contributed by atoms with Crippen LogP contribution in [0.3, 0.4) is 0 Å². The van der Waals surface area contributed by atoms with E-state index in [0.717, 1.165) is 6.42 Å². The molecule has 0 radical (unpaired) electrons. The largest absolute Gasteiger partial charge is 0.508 e. The van der Waals surface area contributed by atoms with E-state index >= 15 is 0 Å². The quantitative estimate of drug-likeness (QED) is 0.837. The van der Waals surface area contributed by atoms with Crippen LogP contribution in [0.15, 0.2) is 54.6 Å². The van der Waals surface area contributed by atoms with Crippen molar-refractivity contribution in [1.29, 1.82) is 0 Å². The minimum atomic E-state index is 0.0659. The van der Waals surface area contributed by atoms with Crippen LogP contribution in [0.1, 0.15) is 5.56 Å². The first-order chi connectivity index (χ1) is 9.28. The highest BCUT2D eigenvalue weighted by Crippen LogP contribution is 2.17. The molecule has 0 bridgehead atoms. The van der Waals surface area contributed by atoms with Crippen LogP contribution in [0.25, 0.3) is 0 Å². The monoisotopic (exact) mass is 258 g/mol. The van der Waals surface area contributed by atoms with Gasteiger partial charge in [0.1, 0.15) is 11.5 Å². The summed E-state index contributed by atoms with van der Waals surface area (Å²) >= 11 is 0. The van der Waals surface area contributed by atoms with Gasteiger partial charge in [0.15, 0.2) is 0 Å². The molecule has 1 atom stereocenters. The van der Waals surface area contributed by atoms with Gasteiger partial charge in [0.05, 0.1) is 6.61 Å². The zero-order valence-corrected chi connectivity index (χ0v) is 10.7. The molecule has 1 unspecified atom stereocenters. The number of ether oxygens (including phenoxy) is 1. The molecule has 2 aromatic rings. The number of aliphatic hydroxyl groups excluding tert-OH is 1. The lowest BCUT2D eigenvalue weighted by atomic mass is 10.0. The molecule has 3 heteroatoms. The molecular formula is C16H18O3. The van der Waals surface area contributed by atoms with Crippen LogP contribution in [-0.2, 0) is 6.42 Å². The van der Waals surface area contributed by atoms with E-state index < -0.39 is 0 Å². The summed E-state index contributed by atoms with van der Waals surface area (Å²) in [6, 6.07) is 16.6. The molecule has 2 aromatic carbocycles. The van der Waals surface area contributed by atoms with Crippen LogP contribution in [0.4, 0.5) is 0 Å². The van der Waals surface area contributed by atoms with Gasteiger partial charge in [0, 0.05) is 12.5 Å². The number of rotatable bonds is 6. The zero-order chi connectivity index (χ0) is 13.5. The molecule has 0 amide bonds. The predicted molar refractivity (Wildman–Crippen MR) is 74.3 cm³/mol. The SMILES string of the molecule is OCC(COc1ccc(O)cc1)Cc1ccccc1. The number of phenols is 1. The van der Waals surface area contributed by atoms with Crippen molar-refractivity contribution < 1.29 is 14.9 Å². The minimum Gasteiger partial charge on any atom is -0.508 e. The number of phenolic OH excluding ortho intramolecular Hbond substituents is 1. The van der Waals surface area contributed by atoms with Crippen LogP contribution >= 0.6 is 0 Å². The number of aliphatic hydroxyl groups is 1. The van der Waals surface area contributed by atoms with Crippen molar-refractivity contribution in [2.24, 2.45) is 5.92 Å². The molecule has 19 heavy (non-hydrogen) atoms. The van der Waals surface area contributed by atoms with Crippen LogP contribution in [0.5, 0.6) is 11.5 Å². The van der Waals surface area contributed by atoms with E-state index in [1.54, 1.807) is 24.3 Å². The molecule has 0 aliphatic heterocycles. The molecule has 0 spiro atoms. The zero-order valence-electron chi connectivity index (χ0n) is 10.7. The lowest BCUT2D eigenvalue weighted by molar-refractivity contribution is 0.162. The molecule has 0 aromatic heterocycles. The maximum Gasteiger partial charge on any atom is 0.119 e. The van der Waals surface area contributed by atoms with Gasteiger partial charge in [-0.15, -0.1) is 0 Å². The highest BCUT2D eigenvalue weighted by Gasteiger charge is 2.09. The molecule has 0 fully saturated rings. The van der Waals surface area contributed by atoms with Gasteiger partial charge < -0.3 is 14.9 Å². The van der Waals surface area contributed by atoms with E-state index in [2.05, 4.69) is 0 Å². The first-order valence-corrected chi connectivity index (χ1v) is 6.34. The van der Waals surface area contributed by atoms with E-state index in [0.29, 0.717) is 12.4 Å². The van der Waals surface area contributed by atoms with Crippen LogP contribution in [-0.4, -0.2) is 23.4 Å². The third-order valence-corrected chi connectivity index (χ3v) is 2.95. The average molecular weight is 258 g/mol. The Morgan fingerprint density at radius 2 is 1.63 bits per heavy atom. The first-order valence-electron chi connectivity index (χ1n) is 6.34. The van der Waals surface area contributed by atoms with Gasteiger partial charge >= 0.3 is 0 Å². The predicted octanol–water partition coefficient (Wildman–Crippen LogP) is 2.62. The Labute approximate surface area is 113 Å². The standard InChI is InChI=1S/C16H18O3/c17-11-14(10-13-4-2-1-3-5-13)12-19-16-8-6-15(18)7-9-16/h1-9,14,17-18H,10-12H2. The third kappa shape index (κ3) is 4.30. The Bertz CT molecular complexity index is 479. The third-order valence-electron chi connectivity index (χ3n) is 2.95. The second kappa shape index (κ2) is 6.81. The number of aromatic hydroxyl groups is 1. The molecular weight excluding hydrogens is 240 g/mol. The Kier molecular flexibility index (Phi) is 4.81. The Balaban J connectivity index is 1.87. The fourth-order valence-electron chi connectivity index (χ4n) is 1.88. The second-order valence-corrected chi connectivity index (χ2v) is 4.54. The summed E-state index contributed by atoms with van der Waals surface area (Å²) < 4.78 is 5.62. The maximum atomic E-state index is 9.39. The molecule has 0 aliphatic carbocycles.